The summed E-state index contributed by atoms with van der Waals surface area (Å²) >= 11 is 0. The molecular formula is C20H23F2N3O. The number of rotatable bonds is 5. The predicted octanol–water partition coefficient (Wildman–Crippen LogP) is 4.39. The average molecular weight is 359 g/mol. The van der Waals surface area contributed by atoms with Gasteiger partial charge in [-0.1, -0.05) is 11.6 Å². The molecule has 0 atom stereocenters. The second kappa shape index (κ2) is 7.81. The van der Waals surface area contributed by atoms with Crippen LogP contribution in [-0.2, 0) is 0 Å². The number of hydrogen-bond acceptors (Lipinski definition) is 2. The van der Waals surface area contributed by atoms with Crippen molar-refractivity contribution < 1.29 is 13.6 Å². The summed E-state index contributed by atoms with van der Waals surface area (Å²) in [5.41, 5.74) is 3.00. The minimum atomic E-state index is -0.716. The Hall–Kier alpha value is -2.50. The average Bonchev–Trinajstić information content (AvgIpc) is 2.90. The van der Waals surface area contributed by atoms with Crippen LogP contribution in [0.1, 0.15) is 53.8 Å². The highest BCUT2D eigenvalue weighted by molar-refractivity contribution is 5.96. The number of carbonyl (C=O) groups is 1. The number of aryl methyl sites for hydroxylation is 1. The van der Waals surface area contributed by atoms with Gasteiger partial charge in [0.1, 0.15) is 11.5 Å². The SMILES string of the molecule is Cc1nn(-c2ccc(F)cc2F)c(C)c1C(=O)NCCC1=CCCCC1. The van der Waals surface area contributed by atoms with E-state index in [0.29, 0.717) is 23.5 Å². The molecule has 0 fully saturated rings. The van der Waals surface area contributed by atoms with E-state index < -0.39 is 11.6 Å². The van der Waals surface area contributed by atoms with Gasteiger partial charge in [-0.2, -0.15) is 5.10 Å². The van der Waals surface area contributed by atoms with Crippen LogP contribution in [0.5, 0.6) is 0 Å². The Morgan fingerprint density at radius 1 is 1.27 bits per heavy atom. The number of amides is 1. The molecule has 1 amide bonds. The van der Waals surface area contributed by atoms with Crippen molar-refractivity contribution in [2.24, 2.45) is 0 Å². The highest BCUT2D eigenvalue weighted by atomic mass is 19.1. The molecule has 1 aromatic carbocycles. The predicted molar refractivity (Wildman–Crippen MR) is 96.5 cm³/mol. The van der Waals surface area contributed by atoms with Crippen LogP contribution in [0, 0.1) is 25.5 Å². The fourth-order valence-corrected chi connectivity index (χ4v) is 3.42. The van der Waals surface area contributed by atoms with Crippen molar-refractivity contribution in [2.75, 3.05) is 6.54 Å². The molecule has 138 valence electrons. The van der Waals surface area contributed by atoms with Gasteiger partial charge in [0, 0.05) is 12.6 Å². The largest absolute Gasteiger partial charge is 0.352 e. The lowest BCUT2D eigenvalue weighted by atomic mass is 9.97. The Balaban J connectivity index is 1.74. The van der Waals surface area contributed by atoms with E-state index in [1.54, 1.807) is 13.8 Å². The maximum atomic E-state index is 14.1. The van der Waals surface area contributed by atoms with Gasteiger partial charge in [0.2, 0.25) is 0 Å². The molecule has 0 bridgehead atoms. The first-order valence-electron chi connectivity index (χ1n) is 8.95. The molecule has 1 aliphatic carbocycles. The van der Waals surface area contributed by atoms with Gasteiger partial charge in [0.25, 0.3) is 5.91 Å². The number of allylic oxidation sites excluding steroid dienone is 1. The van der Waals surface area contributed by atoms with Crippen LogP contribution in [0.3, 0.4) is 0 Å². The van der Waals surface area contributed by atoms with E-state index in [1.807, 2.05) is 0 Å². The molecule has 6 heteroatoms. The zero-order valence-electron chi connectivity index (χ0n) is 15.1. The summed E-state index contributed by atoms with van der Waals surface area (Å²) in [6, 6.07) is 3.30. The van der Waals surface area contributed by atoms with Crippen LogP contribution in [0.15, 0.2) is 29.8 Å². The van der Waals surface area contributed by atoms with Gasteiger partial charge >= 0.3 is 0 Å². The Morgan fingerprint density at radius 2 is 2.08 bits per heavy atom. The second-order valence-corrected chi connectivity index (χ2v) is 6.67. The molecule has 3 rings (SSSR count). The van der Waals surface area contributed by atoms with E-state index in [-0.39, 0.29) is 11.6 Å². The fraction of sp³-hybridized carbons (Fsp3) is 0.400. The number of nitrogens with zero attached hydrogens (tertiary/aromatic N) is 2. The first-order valence-corrected chi connectivity index (χ1v) is 8.95. The molecule has 4 nitrogen and oxygen atoms in total. The van der Waals surface area contributed by atoms with Crippen LogP contribution in [0.25, 0.3) is 5.69 Å². The zero-order valence-corrected chi connectivity index (χ0v) is 15.1. The van der Waals surface area contributed by atoms with Crippen molar-refractivity contribution in [2.45, 2.75) is 46.0 Å². The lowest BCUT2D eigenvalue weighted by Gasteiger charge is -2.13. The van der Waals surface area contributed by atoms with Crippen LogP contribution < -0.4 is 5.32 Å². The fourth-order valence-electron chi connectivity index (χ4n) is 3.42. The van der Waals surface area contributed by atoms with Crippen molar-refractivity contribution in [3.05, 3.63) is 58.4 Å². The van der Waals surface area contributed by atoms with Gasteiger partial charge in [-0.25, -0.2) is 13.5 Å². The van der Waals surface area contributed by atoms with E-state index in [2.05, 4.69) is 16.5 Å². The molecule has 26 heavy (non-hydrogen) atoms. The molecular weight excluding hydrogens is 336 g/mol. The van der Waals surface area contributed by atoms with Crippen molar-refractivity contribution in [1.82, 2.24) is 15.1 Å². The van der Waals surface area contributed by atoms with Crippen LogP contribution >= 0.6 is 0 Å². The molecule has 2 aromatic rings. The third-order valence-corrected chi connectivity index (χ3v) is 4.77. The first kappa shape index (κ1) is 18.3. The van der Waals surface area contributed by atoms with E-state index in [4.69, 9.17) is 0 Å². The molecule has 0 saturated carbocycles. The molecule has 0 aliphatic heterocycles. The van der Waals surface area contributed by atoms with E-state index in [0.717, 1.165) is 25.3 Å². The van der Waals surface area contributed by atoms with Gasteiger partial charge in [0.15, 0.2) is 5.82 Å². The second-order valence-electron chi connectivity index (χ2n) is 6.67. The van der Waals surface area contributed by atoms with E-state index in [1.165, 1.54) is 35.2 Å². The maximum absolute atomic E-state index is 14.1. The summed E-state index contributed by atoms with van der Waals surface area (Å²) in [6.45, 7) is 3.99. The van der Waals surface area contributed by atoms with Crippen LogP contribution in [0.4, 0.5) is 8.78 Å². The highest BCUT2D eigenvalue weighted by Gasteiger charge is 2.20. The van der Waals surface area contributed by atoms with Gasteiger partial charge in [-0.15, -0.1) is 0 Å². The third-order valence-electron chi connectivity index (χ3n) is 4.77. The van der Waals surface area contributed by atoms with Crippen molar-refractivity contribution in [1.29, 1.82) is 0 Å². The number of hydrogen-bond donors (Lipinski definition) is 1. The van der Waals surface area contributed by atoms with Gasteiger partial charge in [-0.3, -0.25) is 4.79 Å². The summed E-state index contributed by atoms with van der Waals surface area (Å²) in [7, 11) is 0. The number of aromatic nitrogens is 2. The van der Waals surface area contributed by atoms with Gasteiger partial charge in [0.05, 0.1) is 17.0 Å². The minimum Gasteiger partial charge on any atom is -0.352 e. The molecule has 0 radical (unpaired) electrons. The molecule has 1 N–H and O–H groups in total. The summed E-state index contributed by atoms with van der Waals surface area (Å²) < 4.78 is 28.5. The smallest absolute Gasteiger partial charge is 0.255 e. The van der Waals surface area contributed by atoms with Gasteiger partial charge in [-0.05, 0) is 58.1 Å². The Morgan fingerprint density at radius 3 is 2.77 bits per heavy atom. The monoisotopic (exact) mass is 359 g/mol. The Kier molecular flexibility index (Phi) is 5.49. The lowest BCUT2D eigenvalue weighted by Crippen LogP contribution is -2.26. The third kappa shape index (κ3) is 3.84. The van der Waals surface area contributed by atoms with E-state index >= 15 is 0 Å². The highest BCUT2D eigenvalue weighted by Crippen LogP contribution is 2.22. The molecule has 1 heterocycles. The quantitative estimate of drug-likeness (QED) is 0.805. The maximum Gasteiger partial charge on any atom is 0.255 e. The summed E-state index contributed by atoms with van der Waals surface area (Å²) in [6.07, 6.45) is 7.81. The van der Waals surface area contributed by atoms with Crippen molar-refractivity contribution >= 4 is 5.91 Å². The molecule has 0 unspecified atom stereocenters. The van der Waals surface area contributed by atoms with Crippen LogP contribution in [0.2, 0.25) is 0 Å². The first-order chi connectivity index (χ1) is 12.5. The molecule has 0 spiro atoms. The Bertz CT molecular complexity index is 855. The van der Waals surface area contributed by atoms with Crippen molar-refractivity contribution in [3.8, 4) is 5.69 Å². The lowest BCUT2D eigenvalue weighted by molar-refractivity contribution is 0.0953. The van der Waals surface area contributed by atoms with Crippen LogP contribution in [-0.4, -0.2) is 22.2 Å². The number of halogens is 2. The molecule has 1 aliphatic rings. The zero-order chi connectivity index (χ0) is 18.7. The topological polar surface area (TPSA) is 46.9 Å². The van der Waals surface area contributed by atoms with Gasteiger partial charge < -0.3 is 5.32 Å². The summed E-state index contributed by atoms with van der Waals surface area (Å²) in [4.78, 5) is 12.6. The standard InChI is InChI=1S/C20H23F2N3O/c1-13-19(20(26)23-11-10-15-6-4-3-5-7-15)14(2)25(24-13)18-9-8-16(21)12-17(18)22/h6,8-9,12H,3-5,7,10-11H2,1-2H3,(H,23,26). The number of nitrogens with one attached hydrogen (secondary N) is 1. The summed E-state index contributed by atoms with van der Waals surface area (Å²) in [5.74, 6) is -1.58. The molecule has 0 saturated heterocycles. The van der Waals surface area contributed by atoms with Crippen molar-refractivity contribution in [3.63, 3.8) is 0 Å². The summed E-state index contributed by atoms with van der Waals surface area (Å²) in [5, 5.41) is 7.20. The number of carbonyl (C=O) groups excluding carboxylic acids is 1. The normalized spacial score (nSPS) is 14.2. The molecule has 1 aromatic heterocycles. The van der Waals surface area contributed by atoms with E-state index in [9.17, 15) is 13.6 Å². The number of benzene rings is 1. The minimum absolute atomic E-state index is 0.124. The Labute approximate surface area is 151 Å².